The molecule has 0 atom stereocenters. The molecule has 2 aliphatic heterocycles. The van der Waals surface area contributed by atoms with Gasteiger partial charge in [0.2, 0.25) is 11.4 Å². The largest absolute Gasteiger partial charge is 0.437 e. The highest BCUT2D eigenvalue weighted by atomic mass is 28.3. The van der Waals surface area contributed by atoms with Gasteiger partial charge >= 0.3 is 0 Å². The van der Waals surface area contributed by atoms with Gasteiger partial charge in [-0.1, -0.05) is 98.3 Å². The summed E-state index contributed by atoms with van der Waals surface area (Å²) >= 11 is 0. The molecule has 1 aliphatic carbocycles. The maximum absolute atomic E-state index is 6.45. The first-order valence-electron chi connectivity index (χ1n) is 17.1. The van der Waals surface area contributed by atoms with E-state index in [1.54, 1.807) is 21.5 Å². The number of nitrogens with zero attached hydrogens (tertiary/aromatic N) is 2. The highest BCUT2D eigenvalue weighted by Gasteiger charge is 2.51. The van der Waals surface area contributed by atoms with Crippen molar-refractivity contribution in [3.63, 3.8) is 0 Å². The summed E-state index contributed by atoms with van der Waals surface area (Å²) in [5.74, 6) is 0. The van der Waals surface area contributed by atoms with E-state index < -0.39 is 8.07 Å². The maximum atomic E-state index is 6.45. The molecule has 45 heavy (non-hydrogen) atoms. The number of pyridine rings is 2. The van der Waals surface area contributed by atoms with Crippen molar-refractivity contribution in [1.29, 1.82) is 0 Å². The molecule has 3 aromatic heterocycles. The van der Waals surface area contributed by atoms with E-state index in [4.69, 9.17) is 4.42 Å². The number of aryl methyl sites for hydroxylation is 2. The second-order valence-corrected chi connectivity index (χ2v) is 18.3. The van der Waals surface area contributed by atoms with E-state index in [9.17, 15) is 0 Å². The Kier molecular flexibility index (Phi) is 6.22. The van der Waals surface area contributed by atoms with Crippen molar-refractivity contribution in [3.8, 4) is 22.4 Å². The number of benzene rings is 3. The summed E-state index contributed by atoms with van der Waals surface area (Å²) in [6, 6.07) is 33.5. The smallest absolute Gasteiger partial charge is 0.227 e. The van der Waals surface area contributed by atoms with E-state index in [2.05, 4.69) is 103 Å². The van der Waals surface area contributed by atoms with Crippen LogP contribution in [-0.2, 0) is 12.5 Å². The third kappa shape index (κ3) is 3.94. The monoisotopic (exact) mass is 605 g/mol. The average molecular weight is 606 g/mol. The molecule has 9 rings (SSSR count). The van der Waals surface area contributed by atoms with Gasteiger partial charge in [-0.25, -0.2) is 9.55 Å². The molecule has 2 spiro atoms. The fraction of sp³-hybridized carbons (Fsp3) is 0.317. The molecular formula is C41H41N2OSi+. The lowest BCUT2D eigenvalue weighted by Gasteiger charge is -2.51. The van der Waals surface area contributed by atoms with E-state index in [1.165, 1.54) is 85.8 Å². The minimum absolute atomic E-state index is 0.189. The molecule has 0 radical (unpaired) electrons. The lowest BCUT2D eigenvalue weighted by atomic mass is 9.65. The average Bonchev–Trinajstić information content (AvgIpc) is 3.47. The van der Waals surface area contributed by atoms with Crippen LogP contribution in [0.25, 0.3) is 44.5 Å². The van der Waals surface area contributed by atoms with Crippen LogP contribution in [-0.4, -0.2) is 13.1 Å². The Morgan fingerprint density at radius 2 is 1.51 bits per heavy atom. The molecule has 5 heterocycles. The molecule has 1 saturated heterocycles. The second-order valence-electron chi connectivity index (χ2n) is 14.1. The van der Waals surface area contributed by atoms with E-state index in [0.29, 0.717) is 5.71 Å². The summed E-state index contributed by atoms with van der Waals surface area (Å²) in [4.78, 5) is 4.54. The molecule has 3 aliphatic rings. The van der Waals surface area contributed by atoms with Crippen LogP contribution >= 0.6 is 0 Å². The van der Waals surface area contributed by atoms with Gasteiger partial charge < -0.3 is 4.42 Å². The zero-order valence-corrected chi connectivity index (χ0v) is 27.5. The number of furan rings is 1. The van der Waals surface area contributed by atoms with Crippen molar-refractivity contribution in [3.05, 3.63) is 108 Å². The first-order chi connectivity index (χ1) is 22.1. The minimum Gasteiger partial charge on any atom is -0.437 e. The molecule has 6 aromatic rings. The van der Waals surface area contributed by atoms with Crippen LogP contribution in [0.2, 0.25) is 12.1 Å². The van der Waals surface area contributed by atoms with Crippen molar-refractivity contribution in [2.45, 2.75) is 75.8 Å². The van der Waals surface area contributed by atoms with Crippen LogP contribution in [0.4, 0.5) is 0 Å². The van der Waals surface area contributed by atoms with Crippen molar-refractivity contribution < 1.29 is 8.98 Å². The lowest BCUT2D eigenvalue weighted by Crippen LogP contribution is -2.67. The third-order valence-electron chi connectivity index (χ3n) is 11.8. The molecule has 0 N–H and O–H groups in total. The number of rotatable bonds is 2. The van der Waals surface area contributed by atoms with Gasteiger partial charge in [0, 0.05) is 34.5 Å². The van der Waals surface area contributed by atoms with Crippen molar-refractivity contribution in [2.75, 3.05) is 0 Å². The van der Waals surface area contributed by atoms with Gasteiger partial charge in [0.1, 0.15) is 15.1 Å². The molecule has 1 saturated carbocycles. The quantitative estimate of drug-likeness (QED) is 0.146. The normalized spacial score (nSPS) is 18.4. The summed E-state index contributed by atoms with van der Waals surface area (Å²) < 4.78 is 8.69. The Hall–Kier alpha value is -4.02. The van der Waals surface area contributed by atoms with Crippen LogP contribution in [0.3, 0.4) is 0 Å². The Labute approximate surface area is 267 Å². The van der Waals surface area contributed by atoms with Crippen LogP contribution in [0.1, 0.15) is 68.1 Å². The molecular weight excluding hydrogens is 565 g/mol. The van der Waals surface area contributed by atoms with Gasteiger partial charge in [-0.3, -0.25) is 0 Å². The van der Waals surface area contributed by atoms with Gasteiger partial charge in [0.25, 0.3) is 0 Å². The first kappa shape index (κ1) is 27.3. The Morgan fingerprint density at radius 1 is 0.733 bits per heavy atom. The number of fused-ring (bicyclic) bond motifs is 9. The van der Waals surface area contributed by atoms with Crippen LogP contribution in [0, 0.1) is 6.92 Å². The molecule has 0 amide bonds. The topological polar surface area (TPSA) is 29.9 Å². The zero-order valence-electron chi connectivity index (χ0n) is 26.5. The van der Waals surface area contributed by atoms with Gasteiger partial charge in [0.05, 0.1) is 5.56 Å². The SMILES string of the molecule is Cc1ccc2c(oc3ncccc32)c1-c1cc(-c2ccc3c(c2)[Si]2(CCCCC2)c2ccccc2C32CCCCC2)cc[n+]1C. The Morgan fingerprint density at radius 3 is 2.38 bits per heavy atom. The van der Waals surface area contributed by atoms with Crippen LogP contribution < -0.4 is 14.9 Å². The number of hydrogen-bond acceptors (Lipinski definition) is 2. The fourth-order valence-corrected chi connectivity index (χ4v) is 15.5. The molecule has 2 fully saturated rings. The van der Waals surface area contributed by atoms with Crippen molar-refractivity contribution in [1.82, 2.24) is 4.98 Å². The van der Waals surface area contributed by atoms with Crippen LogP contribution in [0.15, 0.2) is 95.7 Å². The Bertz CT molecular complexity index is 2110. The van der Waals surface area contributed by atoms with Crippen molar-refractivity contribution in [2.24, 2.45) is 7.05 Å². The van der Waals surface area contributed by atoms with Crippen LogP contribution in [0.5, 0.6) is 0 Å². The molecule has 224 valence electrons. The highest BCUT2D eigenvalue weighted by molar-refractivity contribution is 7.03. The van der Waals surface area contributed by atoms with Gasteiger partial charge in [-0.15, -0.1) is 0 Å². The predicted molar refractivity (Wildman–Crippen MR) is 187 cm³/mol. The molecule has 4 heteroatoms. The predicted octanol–water partition coefficient (Wildman–Crippen LogP) is 8.76. The van der Waals surface area contributed by atoms with Gasteiger partial charge in [0.15, 0.2) is 11.8 Å². The van der Waals surface area contributed by atoms with Crippen molar-refractivity contribution >= 4 is 40.5 Å². The van der Waals surface area contributed by atoms with E-state index in [1.807, 2.05) is 12.3 Å². The highest BCUT2D eigenvalue weighted by Crippen LogP contribution is 2.49. The first-order valence-corrected chi connectivity index (χ1v) is 19.5. The molecule has 3 aromatic carbocycles. The van der Waals surface area contributed by atoms with Gasteiger partial charge in [-0.05, 0) is 77.0 Å². The minimum atomic E-state index is -1.87. The fourth-order valence-electron chi connectivity index (χ4n) is 9.62. The third-order valence-corrected chi connectivity index (χ3v) is 17.1. The summed E-state index contributed by atoms with van der Waals surface area (Å²) in [5, 5.41) is 5.73. The summed E-state index contributed by atoms with van der Waals surface area (Å²) in [5.41, 5.74) is 11.4. The number of aromatic nitrogens is 2. The van der Waals surface area contributed by atoms with E-state index in [0.717, 1.165) is 21.9 Å². The summed E-state index contributed by atoms with van der Waals surface area (Å²) in [7, 11) is 0.286. The standard InChI is InChI=1S/C41H41N2OSi/c1-28-15-17-31-32-12-11-22-42-40(32)44-39(31)38(28)35-26-30(19-23-43(35)2)29-16-18-34-37(27-29)45(24-9-4-10-25-45)36-14-6-5-13-33(36)41(34)20-7-3-8-21-41/h5-6,11-19,22-23,26-27H,3-4,7-10,20-21,24-25H2,1-2H3/q+1. The summed E-state index contributed by atoms with van der Waals surface area (Å²) in [6.07, 6.45) is 14.8. The molecule has 0 unspecified atom stereocenters. The zero-order chi connectivity index (χ0) is 30.2. The van der Waals surface area contributed by atoms with E-state index >= 15 is 0 Å². The maximum Gasteiger partial charge on any atom is 0.227 e. The molecule has 0 bridgehead atoms. The Balaban J connectivity index is 1.25. The second kappa shape index (κ2) is 10.2. The van der Waals surface area contributed by atoms with E-state index in [-0.39, 0.29) is 5.41 Å². The van der Waals surface area contributed by atoms with Gasteiger partial charge in [-0.2, -0.15) is 0 Å². The lowest BCUT2D eigenvalue weighted by molar-refractivity contribution is -0.660. The number of hydrogen-bond donors (Lipinski definition) is 0. The summed E-state index contributed by atoms with van der Waals surface area (Å²) in [6.45, 7) is 2.19. The molecule has 3 nitrogen and oxygen atoms in total.